The van der Waals surface area contributed by atoms with Gasteiger partial charge in [-0.1, -0.05) is 13.8 Å². The quantitative estimate of drug-likeness (QED) is 0.542. The maximum absolute atomic E-state index is 10.7. The SMILES string of the molecule is CC(S)CC(C)COP(C)(=O)O. The van der Waals surface area contributed by atoms with Crippen molar-refractivity contribution in [2.24, 2.45) is 5.92 Å². The lowest BCUT2D eigenvalue weighted by Crippen LogP contribution is -2.08. The Bertz CT molecular complexity index is 166. The van der Waals surface area contributed by atoms with E-state index in [1.807, 2.05) is 13.8 Å². The first-order valence-corrected chi connectivity index (χ1v) is 6.48. The van der Waals surface area contributed by atoms with Crippen LogP contribution in [-0.4, -0.2) is 23.4 Å². The van der Waals surface area contributed by atoms with Crippen LogP contribution in [0.2, 0.25) is 0 Å². The topological polar surface area (TPSA) is 46.5 Å². The Morgan fingerprint density at radius 2 is 2.08 bits per heavy atom. The van der Waals surface area contributed by atoms with Crippen LogP contribution in [0.4, 0.5) is 0 Å². The maximum Gasteiger partial charge on any atom is 0.325 e. The number of hydrogen-bond acceptors (Lipinski definition) is 3. The molecule has 0 aliphatic rings. The molecule has 0 radical (unpaired) electrons. The highest BCUT2D eigenvalue weighted by Crippen LogP contribution is 2.37. The summed E-state index contributed by atoms with van der Waals surface area (Å²) in [4.78, 5) is 8.81. The van der Waals surface area contributed by atoms with Crippen LogP contribution < -0.4 is 0 Å². The van der Waals surface area contributed by atoms with Crippen LogP contribution in [0.25, 0.3) is 0 Å². The Morgan fingerprint density at radius 1 is 1.58 bits per heavy atom. The fourth-order valence-corrected chi connectivity index (χ4v) is 1.81. The zero-order valence-electron chi connectivity index (χ0n) is 7.73. The van der Waals surface area contributed by atoms with E-state index in [1.54, 1.807) is 0 Å². The molecule has 3 nitrogen and oxygen atoms in total. The second-order valence-electron chi connectivity index (χ2n) is 3.29. The van der Waals surface area contributed by atoms with Gasteiger partial charge in [-0.25, -0.2) is 0 Å². The number of thiol groups is 1. The van der Waals surface area contributed by atoms with Crippen molar-refractivity contribution in [3.8, 4) is 0 Å². The van der Waals surface area contributed by atoms with Crippen molar-refractivity contribution >= 4 is 20.2 Å². The largest absolute Gasteiger partial charge is 0.325 e. The molecular weight excluding hydrogens is 195 g/mol. The zero-order valence-corrected chi connectivity index (χ0v) is 9.52. The molecule has 0 aromatic rings. The first-order chi connectivity index (χ1) is 5.31. The average Bonchev–Trinajstić information content (AvgIpc) is 1.80. The molecule has 0 heterocycles. The highest BCUT2D eigenvalue weighted by molar-refractivity contribution is 7.80. The van der Waals surface area contributed by atoms with Gasteiger partial charge in [-0.15, -0.1) is 0 Å². The molecule has 0 saturated carbocycles. The molecule has 0 amide bonds. The van der Waals surface area contributed by atoms with E-state index in [4.69, 9.17) is 9.42 Å². The molecule has 0 aliphatic heterocycles. The van der Waals surface area contributed by atoms with Gasteiger partial charge in [0.1, 0.15) is 0 Å². The molecule has 0 rings (SSSR count). The predicted octanol–water partition coefficient (Wildman–Crippen LogP) is 2.16. The van der Waals surface area contributed by atoms with Crippen molar-refractivity contribution in [2.75, 3.05) is 13.3 Å². The third kappa shape index (κ3) is 8.60. The monoisotopic (exact) mass is 212 g/mol. The van der Waals surface area contributed by atoms with E-state index in [0.29, 0.717) is 11.9 Å². The van der Waals surface area contributed by atoms with Crippen molar-refractivity contribution in [1.82, 2.24) is 0 Å². The molecule has 74 valence electrons. The maximum atomic E-state index is 10.7. The summed E-state index contributed by atoms with van der Waals surface area (Å²) in [5.41, 5.74) is 0. The summed E-state index contributed by atoms with van der Waals surface area (Å²) in [7, 11) is -3.29. The van der Waals surface area contributed by atoms with Crippen LogP contribution in [0.15, 0.2) is 0 Å². The fraction of sp³-hybridized carbons (Fsp3) is 1.00. The molecule has 0 bridgehead atoms. The minimum Gasteiger partial charge on any atom is -0.324 e. The van der Waals surface area contributed by atoms with Crippen LogP contribution in [0.3, 0.4) is 0 Å². The summed E-state index contributed by atoms with van der Waals surface area (Å²) in [6, 6.07) is 0. The Labute approximate surface area is 79.5 Å². The molecule has 5 heteroatoms. The minimum atomic E-state index is -3.29. The van der Waals surface area contributed by atoms with Gasteiger partial charge in [-0.3, -0.25) is 4.57 Å². The average molecular weight is 212 g/mol. The molecule has 3 atom stereocenters. The van der Waals surface area contributed by atoms with Crippen molar-refractivity contribution < 1.29 is 14.0 Å². The molecule has 0 saturated heterocycles. The Hall–Kier alpha value is 0.500. The van der Waals surface area contributed by atoms with Crippen molar-refractivity contribution in [1.29, 1.82) is 0 Å². The summed E-state index contributed by atoms with van der Waals surface area (Å²) in [6.45, 7) is 5.49. The summed E-state index contributed by atoms with van der Waals surface area (Å²) in [5, 5.41) is 0.304. The Balaban J connectivity index is 3.58. The van der Waals surface area contributed by atoms with E-state index >= 15 is 0 Å². The lowest BCUT2D eigenvalue weighted by Gasteiger charge is -2.14. The Morgan fingerprint density at radius 3 is 2.42 bits per heavy atom. The minimum absolute atomic E-state index is 0.276. The van der Waals surface area contributed by atoms with Gasteiger partial charge in [0.25, 0.3) is 0 Å². The highest BCUT2D eigenvalue weighted by atomic mass is 32.1. The summed E-state index contributed by atoms with van der Waals surface area (Å²) in [6.07, 6.45) is 0.892. The molecule has 12 heavy (non-hydrogen) atoms. The second-order valence-corrected chi connectivity index (χ2v) is 6.03. The van der Waals surface area contributed by atoms with Gasteiger partial charge < -0.3 is 9.42 Å². The van der Waals surface area contributed by atoms with Crippen molar-refractivity contribution in [3.63, 3.8) is 0 Å². The molecule has 0 spiro atoms. The van der Waals surface area contributed by atoms with Gasteiger partial charge in [0.15, 0.2) is 0 Å². The van der Waals surface area contributed by atoms with Gasteiger partial charge >= 0.3 is 7.60 Å². The van der Waals surface area contributed by atoms with E-state index in [2.05, 4.69) is 12.6 Å². The second kappa shape index (κ2) is 5.28. The first-order valence-electron chi connectivity index (χ1n) is 3.94. The van der Waals surface area contributed by atoms with Crippen LogP contribution in [0.1, 0.15) is 20.3 Å². The van der Waals surface area contributed by atoms with Crippen molar-refractivity contribution in [2.45, 2.75) is 25.5 Å². The van der Waals surface area contributed by atoms with Crippen LogP contribution in [0, 0.1) is 5.92 Å². The summed E-state index contributed by atoms with van der Waals surface area (Å²) < 4.78 is 15.5. The standard InChI is InChI=1S/C7H17O3PS/c1-6(4-7(2)12)5-10-11(3,8)9/h6-7,12H,4-5H2,1-3H3,(H,8,9). The van der Waals surface area contributed by atoms with E-state index in [0.717, 1.165) is 6.42 Å². The highest BCUT2D eigenvalue weighted by Gasteiger charge is 2.13. The molecule has 1 N–H and O–H groups in total. The smallest absolute Gasteiger partial charge is 0.324 e. The number of hydrogen-bond donors (Lipinski definition) is 2. The van der Waals surface area contributed by atoms with Gasteiger partial charge in [-0.2, -0.15) is 12.6 Å². The van der Waals surface area contributed by atoms with Gasteiger partial charge in [0, 0.05) is 6.66 Å². The van der Waals surface area contributed by atoms with E-state index < -0.39 is 7.60 Å². The molecular formula is C7H17O3PS. The van der Waals surface area contributed by atoms with Crippen LogP contribution in [-0.2, 0) is 9.09 Å². The third-order valence-corrected chi connectivity index (χ3v) is 2.18. The van der Waals surface area contributed by atoms with Gasteiger partial charge in [-0.05, 0) is 17.6 Å². The third-order valence-electron chi connectivity index (χ3n) is 1.34. The Kier molecular flexibility index (Phi) is 5.50. The lowest BCUT2D eigenvalue weighted by molar-refractivity contribution is 0.221. The lowest BCUT2D eigenvalue weighted by atomic mass is 10.1. The predicted molar refractivity (Wildman–Crippen MR) is 53.9 cm³/mol. The summed E-state index contributed by atoms with van der Waals surface area (Å²) >= 11 is 4.22. The molecule has 3 unspecified atom stereocenters. The normalized spacial score (nSPS) is 21.4. The number of rotatable bonds is 5. The van der Waals surface area contributed by atoms with E-state index in [1.165, 1.54) is 6.66 Å². The van der Waals surface area contributed by atoms with Crippen LogP contribution >= 0.6 is 20.2 Å². The summed E-state index contributed by atoms with van der Waals surface area (Å²) in [5.74, 6) is 0.276. The van der Waals surface area contributed by atoms with Crippen molar-refractivity contribution in [3.05, 3.63) is 0 Å². The fourth-order valence-electron chi connectivity index (χ4n) is 0.916. The van der Waals surface area contributed by atoms with Gasteiger partial charge in [0.2, 0.25) is 0 Å². The van der Waals surface area contributed by atoms with E-state index in [9.17, 15) is 4.57 Å². The zero-order chi connectivity index (χ0) is 9.78. The molecule has 0 fully saturated rings. The first kappa shape index (κ1) is 12.5. The molecule has 0 aliphatic carbocycles. The van der Waals surface area contributed by atoms with Gasteiger partial charge in [0.05, 0.1) is 6.61 Å². The van der Waals surface area contributed by atoms with E-state index in [-0.39, 0.29) is 5.92 Å². The molecule has 0 aromatic heterocycles. The molecule has 0 aromatic carbocycles. The van der Waals surface area contributed by atoms with Crippen LogP contribution in [0.5, 0.6) is 0 Å².